The van der Waals surface area contributed by atoms with Crippen LogP contribution in [0, 0.1) is 5.92 Å². The molecule has 0 radical (unpaired) electrons. The number of carbonyl (C=O) groups is 2. The number of aryl methyl sites for hydroxylation is 1. The van der Waals surface area contributed by atoms with E-state index in [0.29, 0.717) is 43.1 Å². The molecule has 3 aromatic heterocycles. The van der Waals surface area contributed by atoms with Gasteiger partial charge in [0.25, 0.3) is 0 Å². The second-order valence-corrected chi connectivity index (χ2v) is 10.9. The van der Waals surface area contributed by atoms with E-state index >= 15 is 0 Å². The fraction of sp³-hybridized carbons (Fsp3) is 0.333. The number of hydrogen-bond acceptors (Lipinski definition) is 6. The van der Waals surface area contributed by atoms with E-state index in [1.807, 2.05) is 47.7 Å². The summed E-state index contributed by atoms with van der Waals surface area (Å²) in [5.41, 5.74) is 5.82. The van der Waals surface area contributed by atoms with Crippen LogP contribution in [0.1, 0.15) is 56.8 Å². The third-order valence-corrected chi connectivity index (χ3v) is 8.14. The zero-order valence-electron chi connectivity index (χ0n) is 23.0. The number of amides is 2. The van der Waals surface area contributed by atoms with Gasteiger partial charge in [0.15, 0.2) is 0 Å². The number of benzene rings is 1. The van der Waals surface area contributed by atoms with Gasteiger partial charge in [0, 0.05) is 47.4 Å². The van der Waals surface area contributed by atoms with Crippen LogP contribution in [0.3, 0.4) is 0 Å². The van der Waals surface area contributed by atoms with E-state index in [0.717, 1.165) is 40.2 Å². The zero-order valence-corrected chi connectivity index (χ0v) is 23.8. The molecule has 10 nitrogen and oxygen atoms in total. The fourth-order valence-corrected chi connectivity index (χ4v) is 5.92. The summed E-state index contributed by atoms with van der Waals surface area (Å²) in [4.78, 5) is 33.4. The van der Waals surface area contributed by atoms with Crippen molar-refractivity contribution in [2.45, 2.75) is 52.1 Å². The lowest BCUT2D eigenvalue weighted by Gasteiger charge is -2.34. The molecule has 1 aromatic carbocycles. The Morgan fingerprint density at radius 3 is 2.78 bits per heavy atom. The van der Waals surface area contributed by atoms with Crippen LogP contribution in [0.15, 0.2) is 61.2 Å². The normalized spacial score (nSPS) is 19.6. The number of halogens is 1. The third-order valence-electron chi connectivity index (χ3n) is 7.91. The number of aromatic nitrogens is 6. The Kier molecular flexibility index (Phi) is 7.40. The molecule has 41 heavy (non-hydrogen) atoms. The Morgan fingerprint density at radius 1 is 1.12 bits per heavy atom. The molecule has 2 amide bonds. The molecule has 2 aliphatic rings. The molecule has 0 spiro atoms. The standard InChI is InChI=1S/C30H31ClN8O2/c1-3-38-29-21-9-11-32-24(15-21)27(6-4-5-19(2)30(41)35-25(29)18-34-38)37-13-10-20(16-28(37)40)23-17-22(31)7-8-26(23)39-14-12-33-36-39/h7-9,11-12,14-19,27H,3-6,10,13H2,1-2H3,(H,35,41)/t19-,27+/m1/s1. The first-order valence-corrected chi connectivity index (χ1v) is 14.3. The van der Waals surface area contributed by atoms with E-state index in [4.69, 9.17) is 16.6 Å². The fourth-order valence-electron chi connectivity index (χ4n) is 5.75. The minimum atomic E-state index is -0.231. The summed E-state index contributed by atoms with van der Waals surface area (Å²) in [5, 5.41) is 16.2. The highest BCUT2D eigenvalue weighted by Gasteiger charge is 2.31. The highest BCUT2D eigenvalue weighted by atomic mass is 35.5. The van der Waals surface area contributed by atoms with Gasteiger partial charge in [-0.1, -0.05) is 30.2 Å². The van der Waals surface area contributed by atoms with Gasteiger partial charge in [-0.25, -0.2) is 4.68 Å². The van der Waals surface area contributed by atoms with Crippen LogP contribution in [-0.2, 0) is 16.1 Å². The predicted octanol–water partition coefficient (Wildman–Crippen LogP) is 5.31. The molecule has 210 valence electrons. The lowest BCUT2D eigenvalue weighted by atomic mass is 9.93. The Hall–Kier alpha value is -4.31. The first-order chi connectivity index (χ1) is 19.9. The maximum atomic E-state index is 13.8. The molecule has 2 bridgehead atoms. The number of fused-ring (bicyclic) bond motifs is 4. The number of rotatable bonds is 4. The van der Waals surface area contributed by atoms with Crippen molar-refractivity contribution in [2.75, 3.05) is 11.9 Å². The summed E-state index contributed by atoms with van der Waals surface area (Å²) in [5.74, 6) is -0.287. The highest BCUT2D eigenvalue weighted by Crippen LogP contribution is 2.37. The molecule has 0 fully saturated rings. The summed E-state index contributed by atoms with van der Waals surface area (Å²) < 4.78 is 3.55. The number of anilines is 1. The van der Waals surface area contributed by atoms with Crippen LogP contribution in [0.25, 0.3) is 22.5 Å². The van der Waals surface area contributed by atoms with E-state index in [1.165, 1.54) is 0 Å². The van der Waals surface area contributed by atoms with Gasteiger partial charge in [0.2, 0.25) is 11.8 Å². The number of nitrogens with one attached hydrogen (secondary N) is 1. The number of pyridine rings is 1. The van der Waals surface area contributed by atoms with E-state index < -0.39 is 0 Å². The van der Waals surface area contributed by atoms with Crippen molar-refractivity contribution in [1.29, 1.82) is 0 Å². The van der Waals surface area contributed by atoms with Gasteiger partial charge in [0.05, 0.1) is 47.4 Å². The van der Waals surface area contributed by atoms with Crippen molar-refractivity contribution in [3.8, 4) is 16.9 Å². The number of nitrogens with zero attached hydrogens (tertiary/aromatic N) is 7. The van der Waals surface area contributed by atoms with E-state index in [2.05, 4.69) is 20.7 Å². The minimum Gasteiger partial charge on any atom is -0.330 e. The van der Waals surface area contributed by atoms with Crippen LogP contribution in [-0.4, -0.2) is 53.0 Å². The first-order valence-electron chi connectivity index (χ1n) is 13.9. The molecule has 11 heteroatoms. The number of carbonyl (C=O) groups excluding carboxylic acids is 2. The second-order valence-electron chi connectivity index (χ2n) is 10.5. The monoisotopic (exact) mass is 570 g/mol. The van der Waals surface area contributed by atoms with Crippen molar-refractivity contribution in [3.63, 3.8) is 0 Å². The summed E-state index contributed by atoms with van der Waals surface area (Å²) >= 11 is 6.37. The van der Waals surface area contributed by atoms with Crippen molar-refractivity contribution in [2.24, 2.45) is 5.92 Å². The van der Waals surface area contributed by atoms with Gasteiger partial charge in [-0.2, -0.15) is 5.10 Å². The lowest BCUT2D eigenvalue weighted by Crippen LogP contribution is -2.38. The van der Waals surface area contributed by atoms with Gasteiger partial charge in [0.1, 0.15) is 0 Å². The average molecular weight is 571 g/mol. The smallest absolute Gasteiger partial charge is 0.247 e. The summed E-state index contributed by atoms with van der Waals surface area (Å²) in [6, 6.07) is 9.29. The second kappa shape index (κ2) is 11.3. The molecule has 0 unspecified atom stereocenters. The van der Waals surface area contributed by atoms with Crippen molar-refractivity contribution >= 4 is 34.7 Å². The summed E-state index contributed by atoms with van der Waals surface area (Å²) in [7, 11) is 0. The van der Waals surface area contributed by atoms with Crippen LogP contribution in [0.4, 0.5) is 5.69 Å². The summed E-state index contributed by atoms with van der Waals surface area (Å²) in [6.45, 7) is 5.14. The van der Waals surface area contributed by atoms with Crippen molar-refractivity contribution in [3.05, 3.63) is 77.5 Å². The van der Waals surface area contributed by atoms with Gasteiger partial charge in [-0.15, -0.1) is 5.10 Å². The van der Waals surface area contributed by atoms with E-state index in [9.17, 15) is 9.59 Å². The molecule has 4 aromatic rings. The Balaban J connectivity index is 1.37. The molecule has 0 saturated heterocycles. The van der Waals surface area contributed by atoms with Gasteiger partial charge in [-0.3, -0.25) is 19.3 Å². The molecule has 0 aliphatic carbocycles. The molecular weight excluding hydrogens is 540 g/mol. The van der Waals surface area contributed by atoms with Gasteiger partial charge >= 0.3 is 0 Å². The quantitative estimate of drug-likeness (QED) is 0.356. The third kappa shape index (κ3) is 5.27. The van der Waals surface area contributed by atoms with Gasteiger partial charge in [-0.05, 0) is 62.1 Å². The van der Waals surface area contributed by atoms with Crippen LogP contribution in [0.5, 0.6) is 0 Å². The lowest BCUT2D eigenvalue weighted by molar-refractivity contribution is -0.129. The Bertz CT molecular complexity index is 1630. The largest absolute Gasteiger partial charge is 0.330 e. The topological polar surface area (TPSA) is 111 Å². The zero-order chi connectivity index (χ0) is 28.5. The minimum absolute atomic E-state index is 0.0281. The van der Waals surface area contributed by atoms with E-state index in [1.54, 1.807) is 41.6 Å². The molecule has 1 N–H and O–H groups in total. The molecule has 2 atom stereocenters. The molecule has 0 saturated carbocycles. The van der Waals surface area contributed by atoms with Crippen molar-refractivity contribution in [1.82, 2.24) is 34.7 Å². The molecular formula is C30H31ClN8O2. The van der Waals surface area contributed by atoms with Crippen LogP contribution in [0.2, 0.25) is 5.02 Å². The molecule has 5 heterocycles. The van der Waals surface area contributed by atoms with Gasteiger partial charge < -0.3 is 10.2 Å². The Labute approximate surface area is 243 Å². The summed E-state index contributed by atoms with van der Waals surface area (Å²) in [6.07, 6.45) is 11.4. The van der Waals surface area contributed by atoms with Crippen LogP contribution >= 0.6 is 11.6 Å². The highest BCUT2D eigenvalue weighted by molar-refractivity contribution is 6.30. The molecule has 2 aliphatic heterocycles. The van der Waals surface area contributed by atoms with Crippen molar-refractivity contribution < 1.29 is 9.59 Å². The van der Waals surface area contributed by atoms with E-state index in [-0.39, 0.29) is 23.8 Å². The van der Waals surface area contributed by atoms with Crippen LogP contribution < -0.4 is 5.32 Å². The molecule has 6 rings (SSSR count). The first kappa shape index (κ1) is 26.9. The maximum Gasteiger partial charge on any atom is 0.247 e. The SMILES string of the molecule is CCn1ncc2c1-c1ccnc(c1)[C@@H](N1CCC(c3cc(Cl)ccc3-n3ccnn3)=CC1=O)CCC[C@@H](C)C(=O)N2. The predicted molar refractivity (Wildman–Crippen MR) is 156 cm³/mol. The number of hydrogen-bond donors (Lipinski definition) is 1. The Morgan fingerprint density at radius 2 is 2.00 bits per heavy atom. The average Bonchev–Trinajstić information content (AvgIpc) is 3.65. The maximum absolute atomic E-state index is 13.8.